The van der Waals surface area contributed by atoms with Crippen LogP contribution in [0.3, 0.4) is 0 Å². The number of amides is 1. The van der Waals surface area contributed by atoms with Gasteiger partial charge in [-0.2, -0.15) is 0 Å². The van der Waals surface area contributed by atoms with Crippen molar-refractivity contribution in [1.82, 2.24) is 5.32 Å². The van der Waals surface area contributed by atoms with Crippen LogP contribution in [0.2, 0.25) is 0 Å². The van der Waals surface area contributed by atoms with Crippen LogP contribution in [0.15, 0.2) is 24.3 Å². The van der Waals surface area contributed by atoms with Crippen molar-refractivity contribution in [1.29, 1.82) is 0 Å². The molecule has 1 heterocycles. The summed E-state index contributed by atoms with van der Waals surface area (Å²) in [5, 5.41) is 2.85. The molecule has 1 saturated heterocycles. The summed E-state index contributed by atoms with van der Waals surface area (Å²) in [5.41, 5.74) is 6.81. The van der Waals surface area contributed by atoms with Gasteiger partial charge in [-0.15, -0.1) is 0 Å². The molecule has 5 nitrogen and oxygen atoms in total. The predicted molar refractivity (Wildman–Crippen MR) is 73.0 cm³/mol. The maximum atomic E-state index is 11.8. The van der Waals surface area contributed by atoms with Crippen molar-refractivity contribution in [2.45, 2.75) is 18.9 Å². The molecule has 0 radical (unpaired) electrons. The minimum Gasteiger partial charge on any atom is -0.399 e. The Hall–Kier alpha value is -1.59. The van der Waals surface area contributed by atoms with Crippen LogP contribution in [0.25, 0.3) is 0 Å². The number of ether oxygens (including phenoxy) is 2. The van der Waals surface area contributed by atoms with Gasteiger partial charge in [-0.3, -0.25) is 4.79 Å². The third-order valence-electron chi connectivity index (χ3n) is 3.00. The highest BCUT2D eigenvalue weighted by Crippen LogP contribution is 2.08. The first-order valence-electron chi connectivity index (χ1n) is 6.59. The van der Waals surface area contributed by atoms with E-state index in [9.17, 15) is 4.79 Å². The van der Waals surface area contributed by atoms with E-state index in [1.54, 1.807) is 24.3 Å². The van der Waals surface area contributed by atoms with Gasteiger partial charge in [-0.05, 0) is 31.0 Å². The van der Waals surface area contributed by atoms with Crippen molar-refractivity contribution in [2.24, 2.45) is 0 Å². The summed E-state index contributed by atoms with van der Waals surface area (Å²) >= 11 is 0. The van der Waals surface area contributed by atoms with Crippen LogP contribution >= 0.6 is 0 Å². The first kappa shape index (κ1) is 13.8. The number of carbonyl (C=O) groups excluding carboxylic acids is 1. The van der Waals surface area contributed by atoms with E-state index in [2.05, 4.69) is 5.32 Å². The molecule has 0 saturated carbocycles. The zero-order valence-corrected chi connectivity index (χ0v) is 10.9. The fourth-order valence-corrected chi connectivity index (χ4v) is 1.95. The van der Waals surface area contributed by atoms with Gasteiger partial charge >= 0.3 is 0 Å². The van der Waals surface area contributed by atoms with E-state index in [0.717, 1.165) is 19.4 Å². The normalized spacial score (nSPS) is 18.4. The molecule has 1 aliphatic rings. The second-order valence-electron chi connectivity index (χ2n) is 4.59. The SMILES string of the molecule is Nc1cccc(C(=O)NCCCOC2CCOC2)c1. The topological polar surface area (TPSA) is 73.6 Å². The monoisotopic (exact) mass is 264 g/mol. The van der Waals surface area contributed by atoms with Crippen LogP contribution in [-0.2, 0) is 9.47 Å². The Morgan fingerprint density at radius 2 is 2.42 bits per heavy atom. The number of hydrogen-bond acceptors (Lipinski definition) is 4. The van der Waals surface area contributed by atoms with E-state index in [0.29, 0.717) is 31.0 Å². The van der Waals surface area contributed by atoms with E-state index >= 15 is 0 Å². The van der Waals surface area contributed by atoms with Gasteiger partial charge in [0.1, 0.15) is 0 Å². The average Bonchev–Trinajstić information content (AvgIpc) is 2.91. The molecule has 0 aliphatic carbocycles. The van der Waals surface area contributed by atoms with E-state index in [1.165, 1.54) is 0 Å². The standard InChI is InChI=1S/C14H20N2O3/c15-12-4-1-3-11(9-12)14(17)16-6-2-7-19-13-5-8-18-10-13/h1,3-4,9,13H,2,5-8,10,15H2,(H,16,17). The molecule has 1 aliphatic heterocycles. The molecule has 1 aromatic carbocycles. The molecule has 1 fully saturated rings. The summed E-state index contributed by atoms with van der Waals surface area (Å²) in [6, 6.07) is 6.95. The minimum atomic E-state index is -0.100. The first-order valence-corrected chi connectivity index (χ1v) is 6.59. The van der Waals surface area contributed by atoms with E-state index in [-0.39, 0.29) is 12.0 Å². The molecule has 19 heavy (non-hydrogen) atoms. The molecule has 0 aromatic heterocycles. The van der Waals surface area contributed by atoms with Crippen molar-refractivity contribution >= 4 is 11.6 Å². The van der Waals surface area contributed by atoms with E-state index in [1.807, 2.05) is 0 Å². The summed E-state index contributed by atoms with van der Waals surface area (Å²) in [6.07, 6.45) is 1.99. The van der Waals surface area contributed by atoms with Crippen LogP contribution in [0.1, 0.15) is 23.2 Å². The lowest BCUT2D eigenvalue weighted by atomic mass is 10.2. The Morgan fingerprint density at radius 1 is 1.53 bits per heavy atom. The summed E-state index contributed by atoms with van der Waals surface area (Å²) in [5.74, 6) is -0.100. The number of carbonyl (C=O) groups is 1. The van der Waals surface area contributed by atoms with Gasteiger partial charge in [0.15, 0.2) is 0 Å². The molecule has 104 valence electrons. The molecule has 5 heteroatoms. The van der Waals surface area contributed by atoms with Crippen LogP contribution < -0.4 is 11.1 Å². The van der Waals surface area contributed by atoms with Gasteiger partial charge < -0.3 is 20.5 Å². The quantitative estimate of drug-likeness (QED) is 0.598. The second kappa shape index (κ2) is 7.11. The lowest BCUT2D eigenvalue weighted by molar-refractivity contribution is 0.0415. The zero-order chi connectivity index (χ0) is 13.5. The Kier molecular flexibility index (Phi) is 5.18. The highest BCUT2D eigenvalue weighted by atomic mass is 16.5. The van der Waals surface area contributed by atoms with Crippen molar-refractivity contribution in [3.8, 4) is 0 Å². The molecular weight excluding hydrogens is 244 g/mol. The molecule has 0 spiro atoms. The average molecular weight is 264 g/mol. The van der Waals surface area contributed by atoms with Gasteiger partial charge in [0.2, 0.25) is 0 Å². The molecule has 1 amide bonds. The molecule has 3 N–H and O–H groups in total. The summed E-state index contributed by atoms with van der Waals surface area (Å²) in [7, 11) is 0. The summed E-state index contributed by atoms with van der Waals surface area (Å²) in [6.45, 7) is 2.72. The summed E-state index contributed by atoms with van der Waals surface area (Å²) < 4.78 is 10.8. The van der Waals surface area contributed by atoms with Gasteiger partial charge in [0.05, 0.1) is 12.7 Å². The molecule has 1 aromatic rings. The molecule has 1 atom stereocenters. The van der Waals surface area contributed by atoms with Gasteiger partial charge in [0.25, 0.3) is 5.91 Å². The van der Waals surface area contributed by atoms with E-state index < -0.39 is 0 Å². The Balaban J connectivity index is 1.61. The third-order valence-corrected chi connectivity index (χ3v) is 3.00. The first-order chi connectivity index (χ1) is 9.25. The Bertz CT molecular complexity index is 417. The molecule has 2 rings (SSSR count). The number of anilines is 1. The largest absolute Gasteiger partial charge is 0.399 e. The number of benzene rings is 1. The van der Waals surface area contributed by atoms with Crippen LogP contribution in [0, 0.1) is 0 Å². The number of nitrogen functional groups attached to an aromatic ring is 1. The number of nitrogens with one attached hydrogen (secondary N) is 1. The minimum absolute atomic E-state index is 0.100. The highest BCUT2D eigenvalue weighted by molar-refractivity contribution is 5.94. The third kappa shape index (κ3) is 4.54. The molecule has 1 unspecified atom stereocenters. The fraction of sp³-hybridized carbons (Fsp3) is 0.500. The lowest BCUT2D eigenvalue weighted by Crippen LogP contribution is -2.26. The van der Waals surface area contributed by atoms with Crippen LogP contribution in [-0.4, -0.2) is 38.4 Å². The zero-order valence-electron chi connectivity index (χ0n) is 10.9. The number of hydrogen-bond donors (Lipinski definition) is 2. The number of nitrogens with two attached hydrogens (primary N) is 1. The Labute approximate surface area is 113 Å². The van der Waals surface area contributed by atoms with Gasteiger partial charge in [-0.1, -0.05) is 6.07 Å². The maximum absolute atomic E-state index is 11.8. The van der Waals surface area contributed by atoms with Gasteiger partial charge in [0, 0.05) is 31.0 Å². The van der Waals surface area contributed by atoms with Crippen molar-refractivity contribution < 1.29 is 14.3 Å². The Morgan fingerprint density at radius 3 is 3.16 bits per heavy atom. The van der Waals surface area contributed by atoms with Crippen LogP contribution in [0.4, 0.5) is 5.69 Å². The van der Waals surface area contributed by atoms with Crippen molar-refractivity contribution in [2.75, 3.05) is 32.1 Å². The smallest absolute Gasteiger partial charge is 0.251 e. The van der Waals surface area contributed by atoms with Crippen molar-refractivity contribution in [3.05, 3.63) is 29.8 Å². The molecular formula is C14H20N2O3. The van der Waals surface area contributed by atoms with Gasteiger partial charge in [-0.25, -0.2) is 0 Å². The highest BCUT2D eigenvalue weighted by Gasteiger charge is 2.15. The predicted octanol–water partition coefficient (Wildman–Crippen LogP) is 1.19. The fourth-order valence-electron chi connectivity index (χ4n) is 1.95. The lowest BCUT2D eigenvalue weighted by Gasteiger charge is -2.10. The van der Waals surface area contributed by atoms with E-state index in [4.69, 9.17) is 15.2 Å². The molecule has 0 bridgehead atoms. The van der Waals surface area contributed by atoms with Crippen molar-refractivity contribution in [3.63, 3.8) is 0 Å². The van der Waals surface area contributed by atoms with Crippen LogP contribution in [0.5, 0.6) is 0 Å². The second-order valence-corrected chi connectivity index (χ2v) is 4.59. The maximum Gasteiger partial charge on any atom is 0.251 e. The number of rotatable bonds is 6. The summed E-state index contributed by atoms with van der Waals surface area (Å²) in [4.78, 5) is 11.8.